The molecule has 1 amide bonds. The first-order chi connectivity index (χ1) is 7.58. The molecule has 3 nitrogen and oxygen atoms in total. The van der Waals surface area contributed by atoms with E-state index in [4.69, 9.17) is 5.73 Å². The third-order valence-electron chi connectivity index (χ3n) is 2.99. The molecule has 1 aromatic carbocycles. The summed E-state index contributed by atoms with van der Waals surface area (Å²) < 4.78 is 13.4. The molecule has 1 saturated carbocycles. The maximum Gasteiger partial charge on any atom is 0.248 e. The normalized spacial score (nSPS) is 23.1. The molecule has 4 heteroatoms. The standard InChI is InChI=1S/C12H15FN2O/c1-7-4-11(7)15-6-9-5-8(12(14)16)2-3-10(9)13/h2-3,5,7,11,15H,4,6H2,1H3,(H2,14,16). The van der Waals surface area contributed by atoms with Gasteiger partial charge in [-0.15, -0.1) is 0 Å². The van der Waals surface area contributed by atoms with Crippen LogP contribution in [-0.2, 0) is 6.54 Å². The second-order valence-corrected chi connectivity index (χ2v) is 4.37. The van der Waals surface area contributed by atoms with E-state index >= 15 is 0 Å². The van der Waals surface area contributed by atoms with E-state index in [1.165, 1.54) is 18.2 Å². The zero-order valence-electron chi connectivity index (χ0n) is 9.16. The highest BCUT2D eigenvalue weighted by Gasteiger charge is 2.31. The molecule has 0 heterocycles. The molecule has 3 N–H and O–H groups in total. The zero-order chi connectivity index (χ0) is 11.7. The largest absolute Gasteiger partial charge is 0.366 e. The second kappa shape index (κ2) is 4.22. The van der Waals surface area contributed by atoms with E-state index in [1.807, 2.05) is 0 Å². The van der Waals surface area contributed by atoms with Gasteiger partial charge in [0, 0.05) is 23.7 Å². The molecule has 1 aromatic rings. The first kappa shape index (κ1) is 11.1. The van der Waals surface area contributed by atoms with Crippen LogP contribution >= 0.6 is 0 Å². The van der Waals surface area contributed by atoms with Crippen molar-refractivity contribution in [1.82, 2.24) is 5.32 Å². The van der Waals surface area contributed by atoms with Gasteiger partial charge in [0.15, 0.2) is 0 Å². The van der Waals surface area contributed by atoms with Crippen molar-refractivity contribution < 1.29 is 9.18 Å². The van der Waals surface area contributed by atoms with Crippen LogP contribution in [0.15, 0.2) is 18.2 Å². The number of carbonyl (C=O) groups excluding carboxylic acids is 1. The van der Waals surface area contributed by atoms with Crippen molar-refractivity contribution in [2.75, 3.05) is 0 Å². The van der Waals surface area contributed by atoms with Crippen LogP contribution in [0.25, 0.3) is 0 Å². The molecule has 0 bridgehead atoms. The number of benzene rings is 1. The lowest BCUT2D eigenvalue weighted by molar-refractivity contribution is 0.1000. The van der Waals surface area contributed by atoms with Crippen LogP contribution in [-0.4, -0.2) is 11.9 Å². The highest BCUT2D eigenvalue weighted by atomic mass is 19.1. The van der Waals surface area contributed by atoms with Gasteiger partial charge in [-0.25, -0.2) is 4.39 Å². The number of carbonyl (C=O) groups is 1. The Morgan fingerprint density at radius 1 is 1.62 bits per heavy atom. The van der Waals surface area contributed by atoms with Crippen LogP contribution in [0.3, 0.4) is 0 Å². The Morgan fingerprint density at radius 2 is 2.31 bits per heavy atom. The molecule has 2 unspecified atom stereocenters. The lowest BCUT2D eigenvalue weighted by Crippen LogP contribution is -2.19. The summed E-state index contributed by atoms with van der Waals surface area (Å²) in [6.07, 6.45) is 1.14. The minimum atomic E-state index is -0.527. The van der Waals surface area contributed by atoms with Crippen LogP contribution in [0.4, 0.5) is 4.39 Å². The second-order valence-electron chi connectivity index (χ2n) is 4.37. The van der Waals surface area contributed by atoms with Gasteiger partial charge in [0.1, 0.15) is 5.82 Å². The van der Waals surface area contributed by atoms with Gasteiger partial charge < -0.3 is 11.1 Å². The average Bonchev–Trinajstić information content (AvgIpc) is 2.93. The number of rotatable bonds is 4. The molecule has 1 aliphatic carbocycles. The fourth-order valence-electron chi connectivity index (χ4n) is 1.71. The Hall–Kier alpha value is -1.42. The summed E-state index contributed by atoms with van der Waals surface area (Å²) in [5.74, 6) is -0.158. The first-order valence-corrected chi connectivity index (χ1v) is 5.39. The Balaban J connectivity index is 2.06. The molecule has 2 rings (SSSR count). The van der Waals surface area contributed by atoms with Crippen molar-refractivity contribution in [2.24, 2.45) is 11.7 Å². The van der Waals surface area contributed by atoms with Gasteiger partial charge >= 0.3 is 0 Å². The maximum atomic E-state index is 13.4. The Labute approximate surface area is 93.8 Å². The molecular formula is C12H15FN2O. The molecule has 0 aromatic heterocycles. The molecule has 0 aliphatic heterocycles. The molecule has 0 saturated heterocycles. The lowest BCUT2D eigenvalue weighted by Gasteiger charge is -2.06. The fraction of sp³-hybridized carbons (Fsp3) is 0.417. The van der Waals surface area contributed by atoms with Gasteiger partial charge in [0.2, 0.25) is 5.91 Å². The third kappa shape index (κ3) is 2.39. The van der Waals surface area contributed by atoms with E-state index in [-0.39, 0.29) is 5.82 Å². The fourth-order valence-corrected chi connectivity index (χ4v) is 1.71. The summed E-state index contributed by atoms with van der Waals surface area (Å²) >= 11 is 0. The van der Waals surface area contributed by atoms with Crippen molar-refractivity contribution in [3.8, 4) is 0 Å². The van der Waals surface area contributed by atoms with Crippen LogP contribution in [0.5, 0.6) is 0 Å². The van der Waals surface area contributed by atoms with E-state index in [2.05, 4.69) is 12.2 Å². The van der Waals surface area contributed by atoms with E-state index in [0.717, 1.165) is 6.42 Å². The Morgan fingerprint density at radius 3 is 2.88 bits per heavy atom. The van der Waals surface area contributed by atoms with Crippen LogP contribution in [0.2, 0.25) is 0 Å². The first-order valence-electron chi connectivity index (χ1n) is 5.39. The zero-order valence-corrected chi connectivity index (χ0v) is 9.16. The SMILES string of the molecule is CC1CC1NCc1cc(C(N)=O)ccc1F. The molecule has 0 radical (unpaired) electrons. The van der Waals surface area contributed by atoms with Gasteiger partial charge in [-0.1, -0.05) is 6.92 Å². The number of hydrogen-bond acceptors (Lipinski definition) is 2. The average molecular weight is 222 g/mol. The highest BCUT2D eigenvalue weighted by Crippen LogP contribution is 2.29. The predicted molar refractivity (Wildman–Crippen MR) is 59.3 cm³/mol. The molecule has 2 atom stereocenters. The van der Waals surface area contributed by atoms with Gasteiger partial charge in [-0.2, -0.15) is 0 Å². The summed E-state index contributed by atoms with van der Waals surface area (Å²) in [5, 5.41) is 3.24. The minimum Gasteiger partial charge on any atom is -0.366 e. The van der Waals surface area contributed by atoms with Crippen molar-refractivity contribution in [2.45, 2.75) is 25.9 Å². The lowest BCUT2D eigenvalue weighted by atomic mass is 10.1. The Bertz CT molecular complexity index is 419. The monoisotopic (exact) mass is 222 g/mol. The van der Waals surface area contributed by atoms with Gasteiger partial charge in [-0.3, -0.25) is 4.79 Å². The number of halogens is 1. The van der Waals surface area contributed by atoms with Crippen LogP contribution in [0, 0.1) is 11.7 Å². The summed E-state index contributed by atoms with van der Waals surface area (Å²) in [4.78, 5) is 10.9. The topological polar surface area (TPSA) is 55.1 Å². The van der Waals surface area contributed by atoms with Crippen molar-refractivity contribution in [3.05, 3.63) is 35.1 Å². The number of primary amides is 1. The van der Waals surface area contributed by atoms with Gasteiger partial charge in [0.05, 0.1) is 0 Å². The predicted octanol–water partition coefficient (Wildman–Crippen LogP) is 1.42. The molecule has 86 valence electrons. The molecule has 0 spiro atoms. The van der Waals surface area contributed by atoms with Crippen molar-refractivity contribution >= 4 is 5.91 Å². The highest BCUT2D eigenvalue weighted by molar-refractivity contribution is 5.92. The molecule has 1 aliphatic rings. The Kier molecular flexibility index (Phi) is 2.92. The van der Waals surface area contributed by atoms with E-state index in [0.29, 0.717) is 29.6 Å². The van der Waals surface area contributed by atoms with Crippen molar-refractivity contribution in [3.63, 3.8) is 0 Å². The number of amides is 1. The number of nitrogens with two attached hydrogens (primary N) is 1. The smallest absolute Gasteiger partial charge is 0.248 e. The number of nitrogens with one attached hydrogen (secondary N) is 1. The van der Waals surface area contributed by atoms with E-state index in [9.17, 15) is 9.18 Å². The van der Waals surface area contributed by atoms with E-state index < -0.39 is 5.91 Å². The van der Waals surface area contributed by atoms with Gasteiger partial charge in [0.25, 0.3) is 0 Å². The van der Waals surface area contributed by atoms with Gasteiger partial charge in [-0.05, 0) is 30.5 Å². The molecule has 16 heavy (non-hydrogen) atoms. The van der Waals surface area contributed by atoms with Crippen molar-refractivity contribution in [1.29, 1.82) is 0 Å². The summed E-state index contributed by atoms with van der Waals surface area (Å²) in [5.41, 5.74) is 5.99. The maximum absolute atomic E-state index is 13.4. The molecular weight excluding hydrogens is 207 g/mol. The van der Waals surface area contributed by atoms with E-state index in [1.54, 1.807) is 0 Å². The number of hydrogen-bond donors (Lipinski definition) is 2. The summed E-state index contributed by atoms with van der Waals surface area (Å²) in [6, 6.07) is 4.68. The third-order valence-corrected chi connectivity index (χ3v) is 2.99. The minimum absolute atomic E-state index is 0.300. The van der Waals surface area contributed by atoms with Crippen LogP contribution in [0.1, 0.15) is 29.3 Å². The summed E-state index contributed by atoms with van der Waals surface area (Å²) in [6.45, 7) is 2.59. The van der Waals surface area contributed by atoms with Crippen LogP contribution < -0.4 is 11.1 Å². The molecule has 1 fully saturated rings. The quantitative estimate of drug-likeness (QED) is 0.809. The summed E-state index contributed by atoms with van der Waals surface area (Å²) in [7, 11) is 0.